The SMILES string of the molecule is O=C(O)C(O)CC1=NCCC1. The number of aliphatic hydroxyl groups is 1. The average molecular weight is 157 g/mol. The summed E-state index contributed by atoms with van der Waals surface area (Å²) < 4.78 is 0. The van der Waals surface area contributed by atoms with E-state index in [1.165, 1.54) is 0 Å². The van der Waals surface area contributed by atoms with E-state index in [0.29, 0.717) is 0 Å². The Labute approximate surface area is 64.6 Å². The summed E-state index contributed by atoms with van der Waals surface area (Å²) in [4.78, 5) is 14.2. The molecule has 0 saturated heterocycles. The quantitative estimate of drug-likeness (QED) is 0.608. The molecule has 1 aliphatic rings. The van der Waals surface area contributed by atoms with Crippen LogP contribution in [0.3, 0.4) is 0 Å². The van der Waals surface area contributed by atoms with Crippen LogP contribution in [-0.2, 0) is 4.79 Å². The van der Waals surface area contributed by atoms with Crippen molar-refractivity contribution in [1.29, 1.82) is 0 Å². The van der Waals surface area contributed by atoms with Crippen LogP contribution < -0.4 is 0 Å². The van der Waals surface area contributed by atoms with E-state index in [1.807, 2.05) is 0 Å². The Hall–Kier alpha value is -0.900. The molecule has 0 aromatic carbocycles. The molecule has 0 aromatic heterocycles. The molecule has 1 rings (SSSR count). The lowest BCUT2D eigenvalue weighted by molar-refractivity contribution is -0.146. The lowest BCUT2D eigenvalue weighted by atomic mass is 10.1. The summed E-state index contributed by atoms with van der Waals surface area (Å²) in [6.45, 7) is 0.779. The second-order valence-electron chi connectivity index (χ2n) is 2.61. The molecule has 0 amide bonds. The Morgan fingerprint density at radius 3 is 2.91 bits per heavy atom. The summed E-state index contributed by atoms with van der Waals surface area (Å²) in [6.07, 6.45) is 0.744. The third-order valence-corrected chi connectivity index (χ3v) is 1.67. The van der Waals surface area contributed by atoms with E-state index >= 15 is 0 Å². The predicted molar refractivity (Wildman–Crippen MR) is 39.8 cm³/mol. The zero-order valence-corrected chi connectivity index (χ0v) is 6.16. The molecule has 0 saturated carbocycles. The maximum absolute atomic E-state index is 10.2. The number of aliphatic carboxylic acids is 1. The molecule has 0 radical (unpaired) electrons. The van der Waals surface area contributed by atoms with Gasteiger partial charge in [-0.1, -0.05) is 0 Å². The van der Waals surface area contributed by atoms with Crippen LogP contribution in [0.15, 0.2) is 4.99 Å². The van der Waals surface area contributed by atoms with E-state index in [0.717, 1.165) is 25.1 Å². The highest BCUT2D eigenvalue weighted by Crippen LogP contribution is 2.08. The molecule has 4 nitrogen and oxygen atoms in total. The number of hydrogen-bond acceptors (Lipinski definition) is 3. The number of carboxylic acids is 1. The molecule has 0 fully saturated rings. The van der Waals surface area contributed by atoms with E-state index in [-0.39, 0.29) is 6.42 Å². The summed E-state index contributed by atoms with van der Waals surface area (Å²) in [5.74, 6) is -1.17. The fourth-order valence-corrected chi connectivity index (χ4v) is 1.08. The van der Waals surface area contributed by atoms with Gasteiger partial charge in [-0.2, -0.15) is 0 Å². The number of aliphatic imine (C=N–C) groups is 1. The standard InChI is InChI=1S/C7H11NO3/c9-6(7(10)11)4-5-2-1-3-8-5/h6,9H,1-4H2,(H,10,11). The van der Waals surface area contributed by atoms with Crippen LogP contribution in [0.2, 0.25) is 0 Å². The van der Waals surface area contributed by atoms with Crippen molar-refractivity contribution in [3.8, 4) is 0 Å². The monoisotopic (exact) mass is 157 g/mol. The highest BCUT2D eigenvalue weighted by Gasteiger charge is 2.17. The molecular weight excluding hydrogens is 146 g/mol. The molecular formula is C7H11NO3. The molecule has 4 heteroatoms. The Bertz CT molecular complexity index is 188. The van der Waals surface area contributed by atoms with Crippen LogP contribution in [0.5, 0.6) is 0 Å². The largest absolute Gasteiger partial charge is 0.479 e. The smallest absolute Gasteiger partial charge is 0.332 e. The Morgan fingerprint density at radius 1 is 1.73 bits per heavy atom. The van der Waals surface area contributed by atoms with Gasteiger partial charge in [-0.05, 0) is 12.8 Å². The highest BCUT2D eigenvalue weighted by atomic mass is 16.4. The van der Waals surface area contributed by atoms with E-state index in [1.54, 1.807) is 0 Å². The molecule has 0 aliphatic carbocycles. The van der Waals surface area contributed by atoms with Gasteiger partial charge in [0.2, 0.25) is 0 Å². The predicted octanol–water partition coefficient (Wildman–Crippen LogP) is 0.0568. The van der Waals surface area contributed by atoms with E-state index < -0.39 is 12.1 Å². The van der Waals surface area contributed by atoms with E-state index in [9.17, 15) is 4.79 Å². The highest BCUT2D eigenvalue weighted by molar-refractivity contribution is 5.90. The number of rotatable bonds is 3. The molecule has 0 bridgehead atoms. The van der Waals surface area contributed by atoms with Gasteiger partial charge < -0.3 is 10.2 Å². The topological polar surface area (TPSA) is 69.9 Å². The zero-order valence-electron chi connectivity index (χ0n) is 6.16. The molecule has 1 aliphatic heterocycles. The van der Waals surface area contributed by atoms with Crippen LogP contribution in [0.4, 0.5) is 0 Å². The molecule has 62 valence electrons. The van der Waals surface area contributed by atoms with Gasteiger partial charge in [-0.15, -0.1) is 0 Å². The zero-order chi connectivity index (χ0) is 8.27. The molecule has 1 unspecified atom stereocenters. The van der Waals surface area contributed by atoms with Gasteiger partial charge in [0.15, 0.2) is 6.10 Å². The minimum atomic E-state index is -1.27. The molecule has 1 atom stereocenters. The fraction of sp³-hybridized carbons (Fsp3) is 0.714. The van der Waals surface area contributed by atoms with Crippen molar-refractivity contribution < 1.29 is 15.0 Å². The van der Waals surface area contributed by atoms with Gasteiger partial charge >= 0.3 is 5.97 Å². The first-order chi connectivity index (χ1) is 5.20. The summed E-state index contributed by atoms with van der Waals surface area (Å²) in [7, 11) is 0. The van der Waals surface area contributed by atoms with Crippen LogP contribution in [-0.4, -0.2) is 34.5 Å². The maximum atomic E-state index is 10.2. The average Bonchev–Trinajstić information content (AvgIpc) is 2.39. The molecule has 0 spiro atoms. The maximum Gasteiger partial charge on any atom is 0.332 e. The Morgan fingerprint density at radius 2 is 2.45 bits per heavy atom. The minimum absolute atomic E-state index is 0.190. The first-order valence-electron chi connectivity index (χ1n) is 3.63. The third kappa shape index (κ3) is 2.31. The lowest BCUT2D eigenvalue weighted by Gasteiger charge is -2.03. The van der Waals surface area contributed by atoms with Gasteiger partial charge in [0.05, 0.1) is 0 Å². The van der Waals surface area contributed by atoms with Crippen molar-refractivity contribution in [2.24, 2.45) is 4.99 Å². The molecule has 0 aromatic rings. The fourth-order valence-electron chi connectivity index (χ4n) is 1.08. The first kappa shape index (κ1) is 8.20. The number of hydrogen-bond donors (Lipinski definition) is 2. The van der Waals surface area contributed by atoms with Crippen LogP contribution in [0, 0.1) is 0 Å². The van der Waals surface area contributed by atoms with Gasteiger partial charge in [0.25, 0.3) is 0 Å². The van der Waals surface area contributed by atoms with Crippen LogP contribution in [0.25, 0.3) is 0 Å². The molecule has 2 N–H and O–H groups in total. The summed E-state index contributed by atoms with van der Waals surface area (Å²) >= 11 is 0. The van der Waals surface area contributed by atoms with Gasteiger partial charge in [0.1, 0.15) is 0 Å². The minimum Gasteiger partial charge on any atom is -0.479 e. The normalized spacial score (nSPS) is 19.5. The van der Waals surface area contributed by atoms with Crippen molar-refractivity contribution in [1.82, 2.24) is 0 Å². The number of carbonyl (C=O) groups is 1. The Kier molecular flexibility index (Phi) is 2.59. The number of nitrogens with zero attached hydrogens (tertiary/aromatic N) is 1. The van der Waals surface area contributed by atoms with Crippen molar-refractivity contribution >= 4 is 11.7 Å². The van der Waals surface area contributed by atoms with Crippen molar-refractivity contribution in [3.05, 3.63) is 0 Å². The van der Waals surface area contributed by atoms with E-state index in [2.05, 4.69) is 4.99 Å². The first-order valence-corrected chi connectivity index (χ1v) is 3.63. The lowest BCUT2D eigenvalue weighted by Crippen LogP contribution is -2.22. The molecule has 1 heterocycles. The van der Waals surface area contributed by atoms with Gasteiger partial charge in [0, 0.05) is 18.7 Å². The van der Waals surface area contributed by atoms with Crippen molar-refractivity contribution in [2.45, 2.75) is 25.4 Å². The second-order valence-corrected chi connectivity index (χ2v) is 2.61. The van der Waals surface area contributed by atoms with Crippen LogP contribution >= 0.6 is 0 Å². The summed E-state index contributed by atoms with van der Waals surface area (Å²) in [5.41, 5.74) is 0.833. The van der Waals surface area contributed by atoms with Crippen molar-refractivity contribution in [2.75, 3.05) is 6.54 Å². The molecule has 11 heavy (non-hydrogen) atoms. The van der Waals surface area contributed by atoms with E-state index in [4.69, 9.17) is 10.2 Å². The summed E-state index contributed by atoms with van der Waals surface area (Å²) in [5, 5.41) is 17.2. The van der Waals surface area contributed by atoms with Gasteiger partial charge in [-0.3, -0.25) is 4.99 Å². The second kappa shape index (κ2) is 3.48. The van der Waals surface area contributed by atoms with Crippen LogP contribution in [0.1, 0.15) is 19.3 Å². The summed E-state index contributed by atoms with van der Waals surface area (Å²) in [6, 6.07) is 0. The number of carboxylic acid groups (broad SMARTS) is 1. The third-order valence-electron chi connectivity index (χ3n) is 1.67. The Balaban J connectivity index is 2.35. The van der Waals surface area contributed by atoms with Crippen molar-refractivity contribution in [3.63, 3.8) is 0 Å². The van der Waals surface area contributed by atoms with Gasteiger partial charge in [-0.25, -0.2) is 4.79 Å². The number of aliphatic hydroxyl groups excluding tert-OH is 1.